The predicted octanol–water partition coefficient (Wildman–Crippen LogP) is 2.92. The van der Waals surface area contributed by atoms with Crippen molar-refractivity contribution in [2.45, 2.75) is 20.3 Å². The van der Waals surface area contributed by atoms with Crippen molar-refractivity contribution in [3.8, 4) is 0 Å². The number of aromatic amines is 1. The minimum Gasteiger partial charge on any atom is -0.465 e. The lowest BCUT2D eigenvalue weighted by molar-refractivity contribution is -0.136. The molecule has 0 saturated heterocycles. The third-order valence-electron chi connectivity index (χ3n) is 4.05. The Morgan fingerprint density at radius 1 is 1.39 bits per heavy atom. The highest BCUT2D eigenvalue weighted by molar-refractivity contribution is 6.18. The molecule has 2 aromatic rings. The van der Waals surface area contributed by atoms with Crippen LogP contribution in [0.1, 0.15) is 23.7 Å². The molecule has 2 heterocycles. The van der Waals surface area contributed by atoms with Gasteiger partial charge < -0.3 is 14.8 Å². The van der Waals surface area contributed by atoms with Crippen molar-refractivity contribution in [2.24, 2.45) is 0 Å². The molecule has 6 heteroatoms. The number of nitrogens with zero attached hydrogens (tertiary/aromatic N) is 1. The topological polar surface area (TPSA) is 82.6 Å². The number of amides is 1. The minimum absolute atomic E-state index is 0.234. The Labute approximate surface area is 133 Å². The number of carbonyl (C=O) groups is 2. The van der Waals surface area contributed by atoms with Crippen LogP contribution in [0.15, 0.2) is 24.4 Å². The first-order valence-electron chi connectivity index (χ1n) is 7.52. The number of para-hydroxylation sites is 1. The molecule has 0 spiro atoms. The number of nitrogens with one attached hydrogen (secondary N) is 1. The van der Waals surface area contributed by atoms with E-state index in [0.717, 1.165) is 26.9 Å². The van der Waals surface area contributed by atoms with Gasteiger partial charge in [-0.25, -0.2) is 9.59 Å². The molecule has 120 valence electrons. The molecule has 0 unspecified atom stereocenters. The Morgan fingerprint density at radius 3 is 2.87 bits per heavy atom. The van der Waals surface area contributed by atoms with E-state index in [1.165, 1.54) is 6.20 Å². The highest BCUT2D eigenvalue weighted by Crippen LogP contribution is 2.32. The van der Waals surface area contributed by atoms with Gasteiger partial charge in [-0.3, -0.25) is 4.90 Å². The van der Waals surface area contributed by atoms with E-state index in [9.17, 15) is 14.7 Å². The van der Waals surface area contributed by atoms with Gasteiger partial charge >= 0.3 is 12.1 Å². The lowest BCUT2D eigenvalue weighted by Gasteiger charge is -2.13. The zero-order valence-corrected chi connectivity index (χ0v) is 13.0. The summed E-state index contributed by atoms with van der Waals surface area (Å²) in [4.78, 5) is 28.1. The fourth-order valence-corrected chi connectivity index (χ4v) is 2.94. The summed E-state index contributed by atoms with van der Waals surface area (Å²) in [6.45, 7) is 4.25. The lowest BCUT2D eigenvalue weighted by atomic mass is 10.0. The van der Waals surface area contributed by atoms with Crippen molar-refractivity contribution >= 4 is 28.5 Å². The van der Waals surface area contributed by atoms with Gasteiger partial charge in [0, 0.05) is 23.6 Å². The molecule has 1 aliphatic heterocycles. The Balaban J connectivity index is 2.21. The van der Waals surface area contributed by atoms with Gasteiger partial charge in [-0.15, -0.1) is 0 Å². The molecule has 2 N–H and O–H groups in total. The number of benzene rings is 1. The van der Waals surface area contributed by atoms with Gasteiger partial charge in [-0.05, 0) is 31.4 Å². The Morgan fingerprint density at radius 2 is 2.17 bits per heavy atom. The van der Waals surface area contributed by atoms with Gasteiger partial charge in [0.15, 0.2) is 0 Å². The summed E-state index contributed by atoms with van der Waals surface area (Å²) in [5.41, 5.74) is 3.89. The quantitative estimate of drug-likeness (QED) is 0.835. The third kappa shape index (κ3) is 2.56. The average molecular weight is 314 g/mol. The van der Waals surface area contributed by atoms with E-state index in [1.54, 1.807) is 6.92 Å². The standard InChI is InChI=1S/C17H18N2O4/c1-3-23-16(20)13-9-19(17(21)22)8-7-12-11-6-4-5-10(2)14(11)18-15(12)13/h4-6,9,18H,3,7-8H2,1-2H3,(H,21,22). The van der Waals surface area contributed by atoms with Crippen LogP contribution in [-0.2, 0) is 16.0 Å². The van der Waals surface area contributed by atoms with Gasteiger partial charge in [0.2, 0.25) is 0 Å². The zero-order chi connectivity index (χ0) is 16.6. The molecular formula is C17H18N2O4. The first kappa shape index (κ1) is 15.1. The molecule has 0 aliphatic carbocycles. The highest BCUT2D eigenvalue weighted by atomic mass is 16.5. The maximum atomic E-state index is 12.3. The number of fused-ring (bicyclic) bond motifs is 3. The van der Waals surface area contributed by atoms with Crippen LogP contribution >= 0.6 is 0 Å². The first-order valence-corrected chi connectivity index (χ1v) is 7.52. The number of hydrogen-bond acceptors (Lipinski definition) is 3. The van der Waals surface area contributed by atoms with E-state index in [1.807, 2.05) is 25.1 Å². The van der Waals surface area contributed by atoms with Crippen molar-refractivity contribution < 1.29 is 19.4 Å². The summed E-state index contributed by atoms with van der Waals surface area (Å²) in [5.74, 6) is -0.522. The molecule has 1 aromatic carbocycles. The number of esters is 1. The SMILES string of the molecule is CCOC(=O)C1=CN(C(=O)O)CCc2c1[nH]c1c(C)cccc21. The van der Waals surface area contributed by atoms with E-state index in [4.69, 9.17) is 4.74 Å². The summed E-state index contributed by atoms with van der Waals surface area (Å²) in [7, 11) is 0. The van der Waals surface area contributed by atoms with Crippen molar-refractivity contribution in [3.63, 3.8) is 0 Å². The molecule has 1 aromatic heterocycles. The molecule has 1 aliphatic rings. The largest absolute Gasteiger partial charge is 0.465 e. The van der Waals surface area contributed by atoms with Gasteiger partial charge in [-0.1, -0.05) is 18.2 Å². The van der Waals surface area contributed by atoms with Crippen LogP contribution in [0, 0.1) is 6.92 Å². The molecule has 1 amide bonds. The fraction of sp³-hybridized carbons (Fsp3) is 0.294. The van der Waals surface area contributed by atoms with Gasteiger partial charge in [0.05, 0.1) is 17.9 Å². The number of ether oxygens (including phenoxy) is 1. The maximum absolute atomic E-state index is 12.3. The van der Waals surface area contributed by atoms with Crippen molar-refractivity contribution in [2.75, 3.05) is 13.2 Å². The van der Waals surface area contributed by atoms with Crippen LogP contribution in [0.5, 0.6) is 0 Å². The molecular weight excluding hydrogens is 296 g/mol. The number of aromatic nitrogens is 1. The number of aryl methyl sites for hydroxylation is 1. The van der Waals surface area contributed by atoms with E-state index in [-0.39, 0.29) is 12.2 Å². The second kappa shape index (κ2) is 5.79. The third-order valence-corrected chi connectivity index (χ3v) is 4.05. The summed E-state index contributed by atoms with van der Waals surface area (Å²) in [6.07, 6.45) is 0.805. The molecule has 0 saturated carbocycles. The van der Waals surface area contributed by atoms with Gasteiger partial charge in [0.25, 0.3) is 0 Å². The number of H-pyrrole nitrogens is 1. The monoisotopic (exact) mass is 314 g/mol. The van der Waals surface area contributed by atoms with E-state index < -0.39 is 12.1 Å². The number of carboxylic acid groups (broad SMARTS) is 1. The maximum Gasteiger partial charge on any atom is 0.411 e. The summed E-state index contributed by atoms with van der Waals surface area (Å²) < 4.78 is 5.10. The van der Waals surface area contributed by atoms with Crippen LogP contribution in [0.3, 0.4) is 0 Å². The highest BCUT2D eigenvalue weighted by Gasteiger charge is 2.27. The number of rotatable bonds is 2. The zero-order valence-electron chi connectivity index (χ0n) is 13.0. The van der Waals surface area contributed by atoms with E-state index in [2.05, 4.69) is 4.98 Å². The predicted molar refractivity (Wildman–Crippen MR) is 86.1 cm³/mol. The lowest BCUT2D eigenvalue weighted by Crippen LogP contribution is -2.26. The summed E-state index contributed by atoms with van der Waals surface area (Å²) in [6, 6.07) is 5.94. The second-order valence-corrected chi connectivity index (χ2v) is 5.47. The molecule has 23 heavy (non-hydrogen) atoms. The summed E-state index contributed by atoms with van der Waals surface area (Å²) >= 11 is 0. The molecule has 6 nitrogen and oxygen atoms in total. The van der Waals surface area contributed by atoms with Gasteiger partial charge in [-0.2, -0.15) is 0 Å². The smallest absolute Gasteiger partial charge is 0.411 e. The molecule has 0 bridgehead atoms. The molecule has 0 radical (unpaired) electrons. The molecule has 0 fully saturated rings. The van der Waals surface area contributed by atoms with Crippen molar-refractivity contribution in [1.29, 1.82) is 0 Å². The number of hydrogen-bond donors (Lipinski definition) is 2. The van der Waals surface area contributed by atoms with Crippen LogP contribution < -0.4 is 0 Å². The Hall–Kier alpha value is -2.76. The number of carbonyl (C=O) groups excluding carboxylic acids is 1. The van der Waals surface area contributed by atoms with Crippen molar-refractivity contribution in [3.05, 3.63) is 41.2 Å². The Bertz CT molecular complexity index is 819. The Kier molecular flexibility index (Phi) is 3.82. The van der Waals surface area contributed by atoms with E-state index in [0.29, 0.717) is 18.7 Å². The van der Waals surface area contributed by atoms with Crippen LogP contribution in [-0.4, -0.2) is 40.2 Å². The van der Waals surface area contributed by atoms with Crippen LogP contribution in [0.2, 0.25) is 0 Å². The van der Waals surface area contributed by atoms with Crippen molar-refractivity contribution in [1.82, 2.24) is 9.88 Å². The van der Waals surface area contributed by atoms with Gasteiger partial charge in [0.1, 0.15) is 0 Å². The molecule has 0 atom stereocenters. The van der Waals surface area contributed by atoms with Crippen LogP contribution in [0.25, 0.3) is 16.5 Å². The van der Waals surface area contributed by atoms with E-state index >= 15 is 0 Å². The molecule has 3 rings (SSSR count). The minimum atomic E-state index is -1.09. The fourth-order valence-electron chi connectivity index (χ4n) is 2.94. The average Bonchev–Trinajstić information content (AvgIpc) is 2.76. The second-order valence-electron chi connectivity index (χ2n) is 5.47. The normalized spacial score (nSPS) is 14.2. The first-order chi connectivity index (χ1) is 11.0. The van der Waals surface area contributed by atoms with Crippen LogP contribution in [0.4, 0.5) is 4.79 Å². The summed E-state index contributed by atoms with van der Waals surface area (Å²) in [5, 5.41) is 10.3.